The highest BCUT2D eigenvalue weighted by Crippen LogP contribution is 2.24. The third-order valence-corrected chi connectivity index (χ3v) is 3.34. The zero-order valence-electron chi connectivity index (χ0n) is 10.1. The van der Waals surface area contributed by atoms with Crippen LogP contribution in [0.2, 0.25) is 0 Å². The SMILES string of the molecule is CC[C@H](N)C(=O)Nc1nc(-c2ccccc2)cs1. The standard InChI is InChI=1S/C13H15N3OS/c1-2-10(14)12(17)16-13-15-11(8-18-13)9-6-4-3-5-7-9/h3-8,10H,2,14H2,1H3,(H,15,16,17)/t10-/m0/s1. The van der Waals surface area contributed by atoms with E-state index in [1.54, 1.807) is 0 Å². The van der Waals surface area contributed by atoms with E-state index in [0.717, 1.165) is 11.3 Å². The van der Waals surface area contributed by atoms with Gasteiger partial charge in [-0.2, -0.15) is 0 Å². The third-order valence-electron chi connectivity index (χ3n) is 2.58. The minimum Gasteiger partial charge on any atom is -0.320 e. The van der Waals surface area contributed by atoms with Crippen molar-refractivity contribution in [2.24, 2.45) is 5.73 Å². The molecule has 0 fully saturated rings. The molecular formula is C13H15N3OS. The summed E-state index contributed by atoms with van der Waals surface area (Å²) in [5, 5.41) is 5.23. The van der Waals surface area contributed by atoms with Gasteiger partial charge < -0.3 is 11.1 Å². The van der Waals surface area contributed by atoms with E-state index in [0.29, 0.717) is 11.6 Å². The monoisotopic (exact) mass is 261 g/mol. The number of nitrogens with one attached hydrogen (secondary N) is 1. The smallest absolute Gasteiger partial charge is 0.243 e. The molecular weight excluding hydrogens is 246 g/mol. The van der Waals surface area contributed by atoms with Crippen molar-refractivity contribution in [1.82, 2.24) is 4.98 Å². The molecule has 4 nitrogen and oxygen atoms in total. The first kappa shape index (κ1) is 12.7. The number of nitrogens with two attached hydrogens (primary N) is 1. The molecule has 2 rings (SSSR count). The molecule has 0 radical (unpaired) electrons. The van der Waals surface area contributed by atoms with Crippen LogP contribution in [0.5, 0.6) is 0 Å². The highest BCUT2D eigenvalue weighted by Gasteiger charge is 2.13. The lowest BCUT2D eigenvalue weighted by atomic mass is 10.2. The van der Waals surface area contributed by atoms with Gasteiger partial charge in [0.1, 0.15) is 0 Å². The van der Waals surface area contributed by atoms with Crippen LogP contribution in [0.3, 0.4) is 0 Å². The zero-order chi connectivity index (χ0) is 13.0. The first-order valence-corrected chi connectivity index (χ1v) is 6.66. The quantitative estimate of drug-likeness (QED) is 0.888. The molecule has 0 aliphatic heterocycles. The summed E-state index contributed by atoms with van der Waals surface area (Å²) < 4.78 is 0. The maximum atomic E-state index is 11.6. The zero-order valence-corrected chi connectivity index (χ0v) is 10.9. The first-order valence-electron chi connectivity index (χ1n) is 5.78. The Labute approximate surface area is 110 Å². The van der Waals surface area contributed by atoms with Crippen molar-refractivity contribution in [2.45, 2.75) is 19.4 Å². The van der Waals surface area contributed by atoms with Crippen molar-refractivity contribution in [1.29, 1.82) is 0 Å². The van der Waals surface area contributed by atoms with Gasteiger partial charge in [-0.3, -0.25) is 4.79 Å². The lowest BCUT2D eigenvalue weighted by Gasteiger charge is -2.06. The summed E-state index contributed by atoms with van der Waals surface area (Å²) in [7, 11) is 0. The average molecular weight is 261 g/mol. The number of nitrogens with zero attached hydrogens (tertiary/aromatic N) is 1. The number of hydrogen-bond donors (Lipinski definition) is 2. The fraction of sp³-hybridized carbons (Fsp3) is 0.231. The Morgan fingerprint density at radius 1 is 1.44 bits per heavy atom. The molecule has 5 heteroatoms. The molecule has 1 atom stereocenters. The Balaban J connectivity index is 2.10. The second-order valence-corrected chi connectivity index (χ2v) is 4.77. The number of rotatable bonds is 4. The van der Waals surface area contributed by atoms with Gasteiger partial charge in [-0.15, -0.1) is 11.3 Å². The Bertz CT molecular complexity index is 524. The number of aromatic nitrogens is 1. The molecule has 0 saturated heterocycles. The van der Waals surface area contributed by atoms with Crippen molar-refractivity contribution in [3.63, 3.8) is 0 Å². The van der Waals surface area contributed by atoms with E-state index >= 15 is 0 Å². The summed E-state index contributed by atoms with van der Waals surface area (Å²) in [6.45, 7) is 1.88. The first-order chi connectivity index (χ1) is 8.70. The summed E-state index contributed by atoms with van der Waals surface area (Å²) in [4.78, 5) is 16.0. The van der Waals surface area contributed by atoms with Crippen molar-refractivity contribution in [3.8, 4) is 11.3 Å². The molecule has 1 aromatic carbocycles. The normalized spacial score (nSPS) is 12.1. The Morgan fingerprint density at radius 3 is 2.83 bits per heavy atom. The lowest BCUT2D eigenvalue weighted by Crippen LogP contribution is -2.34. The molecule has 18 heavy (non-hydrogen) atoms. The van der Waals surface area contributed by atoms with Gasteiger partial charge in [0, 0.05) is 10.9 Å². The van der Waals surface area contributed by atoms with Crippen molar-refractivity contribution in [2.75, 3.05) is 5.32 Å². The van der Waals surface area contributed by atoms with Crippen LogP contribution in [0.15, 0.2) is 35.7 Å². The fourth-order valence-electron chi connectivity index (χ4n) is 1.46. The molecule has 94 valence electrons. The van der Waals surface area contributed by atoms with Crippen LogP contribution in [0.1, 0.15) is 13.3 Å². The van der Waals surface area contributed by atoms with Crippen molar-refractivity contribution >= 4 is 22.4 Å². The summed E-state index contributed by atoms with van der Waals surface area (Å²) in [6.07, 6.45) is 0.614. The Morgan fingerprint density at radius 2 is 2.17 bits per heavy atom. The van der Waals surface area contributed by atoms with E-state index in [-0.39, 0.29) is 5.91 Å². The van der Waals surface area contributed by atoms with Gasteiger partial charge in [0.25, 0.3) is 0 Å². The van der Waals surface area contributed by atoms with E-state index in [2.05, 4.69) is 10.3 Å². The molecule has 0 aliphatic carbocycles. The van der Waals surface area contributed by atoms with E-state index in [4.69, 9.17) is 5.73 Å². The molecule has 0 saturated carbocycles. The highest BCUT2D eigenvalue weighted by molar-refractivity contribution is 7.14. The van der Waals surface area contributed by atoms with Gasteiger partial charge in [0.05, 0.1) is 11.7 Å². The maximum Gasteiger partial charge on any atom is 0.243 e. The minimum atomic E-state index is -0.478. The van der Waals surface area contributed by atoms with Crippen molar-refractivity contribution in [3.05, 3.63) is 35.7 Å². The van der Waals surface area contributed by atoms with Crippen LogP contribution in [-0.4, -0.2) is 16.9 Å². The van der Waals surface area contributed by atoms with E-state index in [9.17, 15) is 4.79 Å². The molecule has 1 aromatic heterocycles. The molecule has 2 aromatic rings. The molecule has 0 bridgehead atoms. The Kier molecular flexibility index (Phi) is 4.07. The van der Waals surface area contributed by atoms with Gasteiger partial charge in [0.15, 0.2) is 5.13 Å². The van der Waals surface area contributed by atoms with Crippen LogP contribution in [0.4, 0.5) is 5.13 Å². The number of thiazole rings is 1. The second-order valence-electron chi connectivity index (χ2n) is 3.91. The van der Waals surface area contributed by atoms with Crippen LogP contribution in [0.25, 0.3) is 11.3 Å². The van der Waals surface area contributed by atoms with Gasteiger partial charge >= 0.3 is 0 Å². The topological polar surface area (TPSA) is 68.0 Å². The van der Waals surface area contributed by atoms with E-state index in [1.807, 2.05) is 42.6 Å². The van der Waals surface area contributed by atoms with Gasteiger partial charge in [-0.05, 0) is 6.42 Å². The third kappa shape index (κ3) is 2.94. The van der Waals surface area contributed by atoms with E-state index < -0.39 is 6.04 Å². The van der Waals surface area contributed by atoms with Gasteiger partial charge in [-0.25, -0.2) is 4.98 Å². The number of amides is 1. The minimum absolute atomic E-state index is 0.188. The number of carbonyl (C=O) groups excluding carboxylic acids is 1. The van der Waals surface area contributed by atoms with Crippen LogP contribution in [0, 0.1) is 0 Å². The molecule has 1 amide bonds. The highest BCUT2D eigenvalue weighted by atomic mass is 32.1. The van der Waals surface area contributed by atoms with E-state index in [1.165, 1.54) is 11.3 Å². The molecule has 0 aliphatic rings. The van der Waals surface area contributed by atoms with Crippen LogP contribution >= 0.6 is 11.3 Å². The van der Waals surface area contributed by atoms with Gasteiger partial charge in [0.2, 0.25) is 5.91 Å². The maximum absolute atomic E-state index is 11.6. The summed E-state index contributed by atoms with van der Waals surface area (Å²) >= 11 is 1.40. The lowest BCUT2D eigenvalue weighted by molar-refractivity contribution is -0.117. The second kappa shape index (κ2) is 5.75. The van der Waals surface area contributed by atoms with Crippen molar-refractivity contribution < 1.29 is 4.79 Å². The molecule has 0 unspecified atom stereocenters. The summed E-state index contributed by atoms with van der Waals surface area (Å²) in [6, 6.07) is 9.37. The summed E-state index contributed by atoms with van der Waals surface area (Å²) in [5.74, 6) is -0.188. The predicted molar refractivity (Wildman–Crippen MR) is 74.4 cm³/mol. The largest absolute Gasteiger partial charge is 0.320 e. The van der Waals surface area contributed by atoms with Crippen LogP contribution in [-0.2, 0) is 4.79 Å². The number of benzene rings is 1. The molecule has 0 spiro atoms. The van der Waals surface area contributed by atoms with Gasteiger partial charge in [-0.1, -0.05) is 37.3 Å². The molecule has 1 heterocycles. The number of hydrogen-bond acceptors (Lipinski definition) is 4. The number of carbonyl (C=O) groups is 1. The van der Waals surface area contributed by atoms with Crippen LogP contribution < -0.4 is 11.1 Å². The predicted octanol–water partition coefficient (Wildman–Crippen LogP) is 2.49. The Hall–Kier alpha value is -1.72. The molecule has 3 N–H and O–H groups in total. The fourth-order valence-corrected chi connectivity index (χ4v) is 2.18. The average Bonchev–Trinajstić information content (AvgIpc) is 2.87. The summed E-state index contributed by atoms with van der Waals surface area (Å²) in [5.41, 5.74) is 7.55. The number of anilines is 1.